The second-order valence-corrected chi connectivity index (χ2v) is 5.68. The van der Waals surface area contributed by atoms with Crippen LogP contribution in [0, 0.1) is 6.92 Å². The van der Waals surface area contributed by atoms with Crippen molar-refractivity contribution in [2.24, 2.45) is 0 Å². The lowest BCUT2D eigenvalue weighted by atomic mass is 10.1. The van der Waals surface area contributed by atoms with Crippen LogP contribution in [0.25, 0.3) is 0 Å². The van der Waals surface area contributed by atoms with E-state index in [2.05, 4.69) is 24.4 Å². The zero-order valence-corrected chi connectivity index (χ0v) is 13.3. The molecule has 0 aliphatic carbocycles. The summed E-state index contributed by atoms with van der Waals surface area (Å²) in [7, 11) is 1.39. The number of hydrogen-bond acceptors (Lipinski definition) is 4. The van der Waals surface area contributed by atoms with E-state index in [0.29, 0.717) is 6.54 Å². The normalized spacial score (nSPS) is 18.2. The maximum absolute atomic E-state index is 12.0. The Morgan fingerprint density at radius 1 is 1.36 bits per heavy atom. The Balaban J connectivity index is 1.76. The van der Waals surface area contributed by atoms with E-state index in [4.69, 9.17) is 4.74 Å². The Hall–Kier alpha value is -1.88. The summed E-state index contributed by atoms with van der Waals surface area (Å²) in [5, 5.41) is 2.93. The van der Waals surface area contributed by atoms with Crippen molar-refractivity contribution >= 4 is 11.9 Å². The summed E-state index contributed by atoms with van der Waals surface area (Å²) in [5.41, 5.74) is 2.48. The molecule has 0 saturated carbocycles. The molecule has 1 heterocycles. The van der Waals surface area contributed by atoms with Crippen molar-refractivity contribution in [3.8, 4) is 0 Å². The van der Waals surface area contributed by atoms with Crippen LogP contribution in [0.1, 0.15) is 24.0 Å². The van der Waals surface area contributed by atoms with Crippen molar-refractivity contribution in [1.82, 2.24) is 10.2 Å². The number of carbonyl (C=O) groups excluding carboxylic acids is 2. The van der Waals surface area contributed by atoms with Gasteiger partial charge in [0.05, 0.1) is 13.7 Å². The number of benzene rings is 1. The highest BCUT2D eigenvalue weighted by atomic mass is 16.5. The first-order valence-electron chi connectivity index (χ1n) is 7.75. The van der Waals surface area contributed by atoms with Gasteiger partial charge in [0.1, 0.15) is 6.04 Å². The summed E-state index contributed by atoms with van der Waals surface area (Å²) in [6.07, 6.45) is 2.51. The Labute approximate surface area is 131 Å². The lowest BCUT2D eigenvalue weighted by Crippen LogP contribution is -2.43. The summed E-state index contributed by atoms with van der Waals surface area (Å²) >= 11 is 0. The second-order valence-electron chi connectivity index (χ2n) is 5.68. The summed E-state index contributed by atoms with van der Waals surface area (Å²) in [6, 6.07) is 7.90. The molecule has 1 atom stereocenters. The molecule has 1 saturated heterocycles. The third kappa shape index (κ3) is 4.31. The van der Waals surface area contributed by atoms with E-state index in [-0.39, 0.29) is 24.5 Å². The number of likely N-dealkylation sites (tertiary alicyclic amines) is 1. The minimum absolute atomic E-state index is 0.0376. The van der Waals surface area contributed by atoms with Crippen LogP contribution in [0.3, 0.4) is 0 Å². The molecule has 1 aromatic carbocycles. The van der Waals surface area contributed by atoms with E-state index in [9.17, 15) is 9.59 Å². The van der Waals surface area contributed by atoms with Gasteiger partial charge in [-0.15, -0.1) is 0 Å². The number of ether oxygens (including phenoxy) is 1. The molecule has 1 N–H and O–H groups in total. The van der Waals surface area contributed by atoms with Gasteiger partial charge >= 0.3 is 5.97 Å². The van der Waals surface area contributed by atoms with Crippen molar-refractivity contribution in [1.29, 1.82) is 0 Å². The fraction of sp³-hybridized carbons (Fsp3) is 0.529. The Kier molecular flexibility index (Phi) is 5.95. The number of rotatable bonds is 6. The van der Waals surface area contributed by atoms with Crippen molar-refractivity contribution < 1.29 is 14.3 Å². The van der Waals surface area contributed by atoms with Crippen LogP contribution in [0.15, 0.2) is 24.3 Å². The summed E-state index contributed by atoms with van der Waals surface area (Å²) < 4.78 is 4.79. The number of nitrogens with one attached hydrogen (secondary N) is 1. The average Bonchev–Trinajstić information content (AvgIpc) is 2.96. The van der Waals surface area contributed by atoms with Gasteiger partial charge in [0, 0.05) is 6.54 Å². The minimum atomic E-state index is -0.271. The van der Waals surface area contributed by atoms with E-state index in [1.54, 1.807) is 0 Å². The van der Waals surface area contributed by atoms with Gasteiger partial charge < -0.3 is 10.1 Å². The molecule has 0 spiro atoms. The van der Waals surface area contributed by atoms with Crippen LogP contribution in [0.5, 0.6) is 0 Å². The predicted octanol–water partition coefficient (Wildman–Crippen LogP) is 1.29. The molecule has 5 nitrogen and oxygen atoms in total. The Morgan fingerprint density at radius 2 is 2.14 bits per heavy atom. The molecule has 1 amide bonds. The molecule has 22 heavy (non-hydrogen) atoms. The standard InChI is InChI=1S/C17H24N2O3/c1-13-6-3-4-7-14(13)9-10-18-16(20)12-19-11-5-8-15(19)17(21)22-2/h3-4,6-7,15H,5,8-12H2,1-2H3,(H,18,20). The van der Waals surface area contributed by atoms with Gasteiger partial charge in [-0.2, -0.15) is 0 Å². The summed E-state index contributed by atoms with van der Waals surface area (Å²) in [5.74, 6) is -0.283. The lowest BCUT2D eigenvalue weighted by Gasteiger charge is -2.21. The van der Waals surface area contributed by atoms with E-state index in [0.717, 1.165) is 25.8 Å². The molecule has 1 unspecified atom stereocenters. The van der Waals surface area contributed by atoms with Crippen LogP contribution in [0.2, 0.25) is 0 Å². The molecule has 1 aromatic rings. The highest BCUT2D eigenvalue weighted by molar-refractivity contribution is 5.80. The Morgan fingerprint density at radius 3 is 2.86 bits per heavy atom. The van der Waals surface area contributed by atoms with E-state index in [1.807, 2.05) is 17.0 Å². The molecule has 0 bridgehead atoms. The minimum Gasteiger partial charge on any atom is -0.468 e. The summed E-state index contributed by atoms with van der Waals surface area (Å²) in [4.78, 5) is 25.6. The van der Waals surface area contributed by atoms with Crippen LogP contribution < -0.4 is 5.32 Å². The van der Waals surface area contributed by atoms with Crippen LogP contribution in [0.4, 0.5) is 0 Å². The highest BCUT2D eigenvalue weighted by Gasteiger charge is 2.32. The number of hydrogen-bond donors (Lipinski definition) is 1. The predicted molar refractivity (Wildman–Crippen MR) is 84.5 cm³/mol. The first kappa shape index (κ1) is 16.5. The second kappa shape index (κ2) is 7.94. The number of esters is 1. The van der Waals surface area contributed by atoms with Crippen LogP contribution in [-0.4, -0.2) is 49.6 Å². The molecule has 5 heteroatoms. The number of carbonyl (C=O) groups is 2. The largest absolute Gasteiger partial charge is 0.468 e. The van der Waals surface area contributed by atoms with Gasteiger partial charge in [0.2, 0.25) is 5.91 Å². The molecular weight excluding hydrogens is 280 g/mol. The molecule has 120 valence electrons. The fourth-order valence-electron chi connectivity index (χ4n) is 2.89. The van der Waals surface area contributed by atoms with E-state index in [1.165, 1.54) is 18.2 Å². The highest BCUT2D eigenvalue weighted by Crippen LogP contribution is 2.17. The average molecular weight is 304 g/mol. The molecule has 1 aliphatic rings. The van der Waals surface area contributed by atoms with Gasteiger partial charge in [-0.3, -0.25) is 14.5 Å². The lowest BCUT2D eigenvalue weighted by molar-refractivity contribution is -0.146. The van der Waals surface area contributed by atoms with Crippen LogP contribution >= 0.6 is 0 Å². The number of methoxy groups -OCH3 is 1. The molecule has 0 aromatic heterocycles. The smallest absolute Gasteiger partial charge is 0.323 e. The number of nitrogens with zero attached hydrogens (tertiary/aromatic N) is 1. The molecule has 0 radical (unpaired) electrons. The van der Waals surface area contributed by atoms with Crippen molar-refractivity contribution in [2.45, 2.75) is 32.2 Å². The Bertz CT molecular complexity index is 530. The van der Waals surface area contributed by atoms with Gasteiger partial charge in [0.15, 0.2) is 0 Å². The first-order valence-corrected chi connectivity index (χ1v) is 7.75. The third-order valence-corrected chi connectivity index (χ3v) is 4.16. The SMILES string of the molecule is COC(=O)C1CCCN1CC(=O)NCCc1ccccc1C. The van der Waals surface area contributed by atoms with Gasteiger partial charge in [-0.25, -0.2) is 0 Å². The first-order chi connectivity index (χ1) is 10.6. The summed E-state index contributed by atoms with van der Waals surface area (Å²) in [6.45, 7) is 3.71. The van der Waals surface area contributed by atoms with Gasteiger partial charge in [-0.1, -0.05) is 24.3 Å². The zero-order valence-electron chi connectivity index (χ0n) is 13.3. The molecule has 2 rings (SSSR count). The molecule has 1 aliphatic heterocycles. The van der Waals surface area contributed by atoms with E-state index >= 15 is 0 Å². The maximum Gasteiger partial charge on any atom is 0.323 e. The fourth-order valence-corrected chi connectivity index (χ4v) is 2.89. The maximum atomic E-state index is 12.0. The topological polar surface area (TPSA) is 58.6 Å². The van der Waals surface area contributed by atoms with Gasteiger partial charge in [0.25, 0.3) is 0 Å². The number of amides is 1. The van der Waals surface area contributed by atoms with Crippen molar-refractivity contribution in [3.05, 3.63) is 35.4 Å². The van der Waals surface area contributed by atoms with E-state index < -0.39 is 0 Å². The van der Waals surface area contributed by atoms with Gasteiger partial charge in [-0.05, 0) is 43.9 Å². The third-order valence-electron chi connectivity index (χ3n) is 4.16. The van der Waals surface area contributed by atoms with Crippen molar-refractivity contribution in [2.75, 3.05) is 26.7 Å². The van der Waals surface area contributed by atoms with Crippen molar-refractivity contribution in [3.63, 3.8) is 0 Å². The zero-order chi connectivity index (χ0) is 15.9. The monoisotopic (exact) mass is 304 g/mol. The number of aryl methyl sites for hydroxylation is 1. The molecular formula is C17H24N2O3. The quantitative estimate of drug-likeness (QED) is 0.805. The van der Waals surface area contributed by atoms with Crippen LogP contribution in [-0.2, 0) is 20.7 Å². The molecule has 1 fully saturated rings.